The van der Waals surface area contributed by atoms with E-state index in [0.29, 0.717) is 0 Å². The highest BCUT2D eigenvalue weighted by Gasteiger charge is 1.97. The van der Waals surface area contributed by atoms with Gasteiger partial charge in [-0.3, -0.25) is 0 Å². The largest absolute Gasteiger partial charge is 0.119 e. The van der Waals surface area contributed by atoms with Crippen LogP contribution in [0.1, 0.15) is 32.6 Å². The van der Waals surface area contributed by atoms with Gasteiger partial charge < -0.3 is 0 Å². The third kappa shape index (κ3) is 4.04. The first kappa shape index (κ1) is 9.12. The van der Waals surface area contributed by atoms with Crippen LogP contribution in [0.5, 0.6) is 0 Å². The fraction of sp³-hybridized carbons (Fsp3) is 0.600. The van der Waals surface area contributed by atoms with Gasteiger partial charge in [0.05, 0.1) is 5.92 Å². The second-order valence-corrected chi connectivity index (χ2v) is 2.38. The highest BCUT2D eigenvalue weighted by Crippen LogP contribution is 2.07. The van der Waals surface area contributed by atoms with E-state index < -0.39 is 0 Å². The minimum atomic E-state index is 0.0616. The van der Waals surface area contributed by atoms with Crippen molar-refractivity contribution >= 4 is 0 Å². The zero-order valence-electron chi connectivity index (χ0n) is 6.56. The minimum absolute atomic E-state index is 0.0616. The SMILES string of the molecule is C#CC(C#C)CCCCC. The number of terminal acetylenes is 2. The maximum absolute atomic E-state index is 5.17. The normalized spacial score (nSPS) is 8.80. The second-order valence-electron chi connectivity index (χ2n) is 2.38. The predicted octanol–water partition coefficient (Wildman–Crippen LogP) is 2.45. The molecule has 0 aliphatic rings. The Bertz CT molecular complexity index is 128. The van der Waals surface area contributed by atoms with Gasteiger partial charge in [0.1, 0.15) is 0 Å². The molecule has 0 heteroatoms. The molecule has 0 amide bonds. The van der Waals surface area contributed by atoms with E-state index in [0.717, 1.165) is 12.8 Å². The summed E-state index contributed by atoms with van der Waals surface area (Å²) in [6.07, 6.45) is 15.0. The monoisotopic (exact) mass is 134 g/mol. The smallest absolute Gasteiger partial charge is 0.0806 e. The van der Waals surface area contributed by atoms with Gasteiger partial charge >= 0.3 is 0 Å². The molecule has 0 fully saturated rings. The Labute approximate surface area is 64.0 Å². The van der Waals surface area contributed by atoms with Crippen LogP contribution in [0.25, 0.3) is 0 Å². The second kappa shape index (κ2) is 6.24. The molecule has 0 atom stereocenters. The first-order chi connectivity index (χ1) is 4.85. The molecular formula is C10H14. The van der Waals surface area contributed by atoms with Crippen molar-refractivity contribution in [1.29, 1.82) is 0 Å². The van der Waals surface area contributed by atoms with Crippen molar-refractivity contribution in [3.05, 3.63) is 0 Å². The van der Waals surface area contributed by atoms with E-state index in [2.05, 4.69) is 18.8 Å². The molecule has 0 nitrogen and oxygen atoms in total. The lowest BCUT2D eigenvalue weighted by Gasteiger charge is -1.99. The van der Waals surface area contributed by atoms with E-state index in [4.69, 9.17) is 12.8 Å². The van der Waals surface area contributed by atoms with E-state index >= 15 is 0 Å². The number of unbranched alkanes of at least 4 members (excludes halogenated alkanes) is 2. The summed E-state index contributed by atoms with van der Waals surface area (Å²) in [4.78, 5) is 0. The van der Waals surface area contributed by atoms with Gasteiger partial charge in [0, 0.05) is 0 Å². The summed E-state index contributed by atoms with van der Waals surface area (Å²) < 4.78 is 0. The van der Waals surface area contributed by atoms with Gasteiger partial charge in [0.25, 0.3) is 0 Å². The molecule has 0 aromatic rings. The maximum Gasteiger partial charge on any atom is 0.0806 e. The van der Waals surface area contributed by atoms with Gasteiger partial charge in [-0.05, 0) is 6.42 Å². The zero-order chi connectivity index (χ0) is 7.82. The van der Waals surface area contributed by atoms with E-state index in [1.807, 2.05) is 0 Å². The first-order valence-electron chi connectivity index (χ1n) is 3.77. The lowest BCUT2D eigenvalue weighted by Crippen LogP contribution is -1.91. The van der Waals surface area contributed by atoms with Gasteiger partial charge in [-0.1, -0.05) is 38.0 Å². The number of hydrogen-bond acceptors (Lipinski definition) is 0. The van der Waals surface area contributed by atoms with Crippen LogP contribution < -0.4 is 0 Å². The number of hydrogen-bond donors (Lipinski definition) is 0. The van der Waals surface area contributed by atoms with Crippen LogP contribution in [0.2, 0.25) is 0 Å². The molecule has 0 bridgehead atoms. The molecule has 0 heterocycles. The summed E-state index contributed by atoms with van der Waals surface area (Å²) in [5.74, 6) is 5.21. The number of rotatable bonds is 4. The topological polar surface area (TPSA) is 0 Å². The Kier molecular flexibility index (Phi) is 5.69. The van der Waals surface area contributed by atoms with Crippen LogP contribution >= 0.6 is 0 Å². The third-order valence-corrected chi connectivity index (χ3v) is 1.50. The Morgan fingerprint density at radius 1 is 1.20 bits per heavy atom. The van der Waals surface area contributed by atoms with Gasteiger partial charge in [-0.2, -0.15) is 0 Å². The molecule has 0 saturated heterocycles. The van der Waals surface area contributed by atoms with Gasteiger partial charge in [0.15, 0.2) is 0 Å². The molecule has 0 aromatic heterocycles. The van der Waals surface area contributed by atoms with E-state index in [1.54, 1.807) is 0 Å². The highest BCUT2D eigenvalue weighted by molar-refractivity contribution is 5.09. The Hall–Kier alpha value is -0.880. The standard InChI is InChI=1S/C10H14/c1-4-7-8-9-10(5-2)6-3/h2-3,10H,4,7-9H2,1H3. The molecule has 0 unspecified atom stereocenters. The molecule has 54 valence electrons. The van der Waals surface area contributed by atoms with Crippen LogP contribution in [0.3, 0.4) is 0 Å². The summed E-state index contributed by atoms with van der Waals surface area (Å²) in [7, 11) is 0. The molecular weight excluding hydrogens is 120 g/mol. The van der Waals surface area contributed by atoms with Crippen LogP contribution in [-0.4, -0.2) is 0 Å². The third-order valence-electron chi connectivity index (χ3n) is 1.50. The molecule has 0 rings (SSSR count). The van der Waals surface area contributed by atoms with Crippen molar-refractivity contribution < 1.29 is 0 Å². The summed E-state index contributed by atoms with van der Waals surface area (Å²) in [5.41, 5.74) is 0. The van der Waals surface area contributed by atoms with Gasteiger partial charge in [0.2, 0.25) is 0 Å². The lowest BCUT2D eigenvalue weighted by molar-refractivity contribution is 0.632. The average Bonchev–Trinajstić information content (AvgIpc) is 1.99. The average molecular weight is 134 g/mol. The molecule has 0 spiro atoms. The van der Waals surface area contributed by atoms with E-state index in [1.165, 1.54) is 12.8 Å². The van der Waals surface area contributed by atoms with Crippen LogP contribution in [0, 0.1) is 30.6 Å². The Balaban J connectivity index is 3.31. The van der Waals surface area contributed by atoms with Crippen molar-refractivity contribution in [3.63, 3.8) is 0 Å². The van der Waals surface area contributed by atoms with Crippen LogP contribution in [0.4, 0.5) is 0 Å². The molecule has 0 radical (unpaired) electrons. The van der Waals surface area contributed by atoms with Gasteiger partial charge in [-0.15, -0.1) is 12.8 Å². The molecule has 0 saturated carbocycles. The maximum atomic E-state index is 5.17. The van der Waals surface area contributed by atoms with Crippen molar-refractivity contribution in [1.82, 2.24) is 0 Å². The summed E-state index contributed by atoms with van der Waals surface area (Å²) in [5, 5.41) is 0. The highest BCUT2D eigenvalue weighted by atomic mass is 14.0. The fourth-order valence-corrected chi connectivity index (χ4v) is 0.813. The Morgan fingerprint density at radius 2 is 1.80 bits per heavy atom. The van der Waals surface area contributed by atoms with Crippen molar-refractivity contribution in [2.75, 3.05) is 0 Å². The molecule has 0 N–H and O–H groups in total. The Morgan fingerprint density at radius 3 is 2.20 bits per heavy atom. The summed E-state index contributed by atoms with van der Waals surface area (Å²) in [6, 6.07) is 0. The zero-order valence-corrected chi connectivity index (χ0v) is 6.56. The first-order valence-corrected chi connectivity index (χ1v) is 3.77. The lowest BCUT2D eigenvalue weighted by atomic mass is 10.0. The van der Waals surface area contributed by atoms with Crippen molar-refractivity contribution in [2.24, 2.45) is 5.92 Å². The van der Waals surface area contributed by atoms with Crippen LogP contribution in [-0.2, 0) is 0 Å². The van der Waals surface area contributed by atoms with Crippen molar-refractivity contribution in [3.8, 4) is 24.7 Å². The van der Waals surface area contributed by atoms with Crippen LogP contribution in [0.15, 0.2) is 0 Å². The predicted molar refractivity (Wildman–Crippen MR) is 45.3 cm³/mol. The van der Waals surface area contributed by atoms with E-state index in [-0.39, 0.29) is 5.92 Å². The molecule has 0 aliphatic carbocycles. The molecule has 10 heavy (non-hydrogen) atoms. The summed E-state index contributed by atoms with van der Waals surface area (Å²) in [6.45, 7) is 2.17. The molecule has 0 aromatic carbocycles. The quantitative estimate of drug-likeness (QED) is 0.409. The van der Waals surface area contributed by atoms with Crippen molar-refractivity contribution in [2.45, 2.75) is 32.6 Å². The van der Waals surface area contributed by atoms with E-state index in [9.17, 15) is 0 Å². The minimum Gasteiger partial charge on any atom is -0.119 e. The molecule has 0 aliphatic heterocycles. The fourth-order valence-electron chi connectivity index (χ4n) is 0.813. The van der Waals surface area contributed by atoms with Gasteiger partial charge in [-0.25, -0.2) is 0 Å². The summed E-state index contributed by atoms with van der Waals surface area (Å²) >= 11 is 0.